The van der Waals surface area contributed by atoms with E-state index in [1.807, 2.05) is 24.3 Å². The van der Waals surface area contributed by atoms with Gasteiger partial charge in [-0.15, -0.1) is 0 Å². The van der Waals surface area contributed by atoms with Crippen LogP contribution < -0.4 is 5.32 Å². The smallest absolute Gasteiger partial charge is 0.327 e. The molecule has 4 heteroatoms. The van der Waals surface area contributed by atoms with Crippen molar-refractivity contribution in [1.29, 1.82) is 0 Å². The van der Waals surface area contributed by atoms with E-state index in [9.17, 15) is 4.79 Å². The molecule has 18 heavy (non-hydrogen) atoms. The number of methoxy groups -OCH3 is 2. The number of ether oxygens (including phenoxy) is 2. The van der Waals surface area contributed by atoms with E-state index >= 15 is 0 Å². The third-order valence-corrected chi connectivity index (χ3v) is 3.01. The van der Waals surface area contributed by atoms with Gasteiger partial charge in [-0.2, -0.15) is 0 Å². The Labute approximate surface area is 107 Å². The van der Waals surface area contributed by atoms with Crippen molar-refractivity contribution < 1.29 is 14.3 Å². The largest absolute Gasteiger partial charge is 0.468 e. The van der Waals surface area contributed by atoms with E-state index in [1.54, 1.807) is 7.11 Å². The Balaban J connectivity index is 2.17. The summed E-state index contributed by atoms with van der Waals surface area (Å²) in [5.41, 5.74) is 1.99. The van der Waals surface area contributed by atoms with Gasteiger partial charge in [-0.3, -0.25) is 5.32 Å². The van der Waals surface area contributed by atoms with Crippen LogP contribution in [0.2, 0.25) is 0 Å². The second-order valence-corrected chi connectivity index (χ2v) is 4.58. The molecule has 0 aromatic heterocycles. The van der Waals surface area contributed by atoms with E-state index < -0.39 is 0 Å². The Hall–Kier alpha value is -1.39. The van der Waals surface area contributed by atoms with Crippen molar-refractivity contribution in [3.05, 3.63) is 35.4 Å². The molecule has 1 unspecified atom stereocenters. The summed E-state index contributed by atoms with van der Waals surface area (Å²) in [7, 11) is 3.08. The van der Waals surface area contributed by atoms with Crippen LogP contribution in [-0.2, 0) is 20.9 Å². The summed E-state index contributed by atoms with van der Waals surface area (Å²) in [6.07, 6.45) is 2.26. The minimum absolute atomic E-state index is 0.239. The molecule has 1 aliphatic carbocycles. The van der Waals surface area contributed by atoms with Crippen LogP contribution in [-0.4, -0.2) is 26.2 Å². The lowest BCUT2D eigenvalue weighted by Crippen LogP contribution is -2.31. The fourth-order valence-corrected chi connectivity index (χ4v) is 1.93. The van der Waals surface area contributed by atoms with Crippen molar-refractivity contribution in [2.45, 2.75) is 31.5 Å². The maximum Gasteiger partial charge on any atom is 0.327 e. The molecule has 1 fully saturated rings. The van der Waals surface area contributed by atoms with Gasteiger partial charge in [0.15, 0.2) is 0 Å². The highest BCUT2D eigenvalue weighted by Crippen LogP contribution is 2.25. The Bertz CT molecular complexity index is 415. The maximum atomic E-state index is 11.8. The van der Waals surface area contributed by atoms with Crippen molar-refractivity contribution in [3.8, 4) is 0 Å². The molecule has 98 valence electrons. The number of carbonyl (C=O) groups is 1. The number of esters is 1. The normalized spacial score (nSPS) is 16.3. The molecule has 4 nitrogen and oxygen atoms in total. The zero-order chi connectivity index (χ0) is 13.0. The van der Waals surface area contributed by atoms with Gasteiger partial charge in [-0.1, -0.05) is 24.3 Å². The van der Waals surface area contributed by atoms with Gasteiger partial charge < -0.3 is 9.47 Å². The van der Waals surface area contributed by atoms with Crippen molar-refractivity contribution in [2.75, 3.05) is 14.2 Å². The number of hydrogen-bond acceptors (Lipinski definition) is 4. The van der Waals surface area contributed by atoms with E-state index in [0.717, 1.165) is 24.0 Å². The predicted octanol–water partition coefficient (Wildman–Crippen LogP) is 1.80. The van der Waals surface area contributed by atoms with E-state index in [-0.39, 0.29) is 12.0 Å². The molecule has 1 saturated carbocycles. The SMILES string of the molecule is COCc1cccc(C(NC2CC2)C(=O)OC)c1. The van der Waals surface area contributed by atoms with Crippen LogP contribution in [0.4, 0.5) is 0 Å². The lowest BCUT2D eigenvalue weighted by Gasteiger charge is -2.17. The molecule has 0 bridgehead atoms. The standard InChI is InChI=1S/C14H19NO3/c1-17-9-10-4-3-5-11(8-10)13(14(16)18-2)15-12-6-7-12/h3-5,8,12-13,15H,6-7,9H2,1-2H3. The first kappa shape index (κ1) is 13.1. The molecule has 1 aliphatic rings. The third kappa shape index (κ3) is 3.31. The number of carbonyl (C=O) groups excluding carboxylic acids is 1. The first-order valence-corrected chi connectivity index (χ1v) is 6.16. The summed E-state index contributed by atoms with van der Waals surface area (Å²) in [5.74, 6) is -0.239. The molecular formula is C14H19NO3. The van der Waals surface area contributed by atoms with E-state index in [4.69, 9.17) is 9.47 Å². The van der Waals surface area contributed by atoms with Gasteiger partial charge in [0.1, 0.15) is 6.04 Å². The lowest BCUT2D eigenvalue weighted by atomic mass is 10.0. The first-order valence-electron chi connectivity index (χ1n) is 6.16. The minimum Gasteiger partial charge on any atom is -0.468 e. The molecule has 0 spiro atoms. The molecule has 0 amide bonds. The average molecular weight is 249 g/mol. The summed E-state index contributed by atoms with van der Waals surface area (Å²) in [5, 5.41) is 3.31. The van der Waals surface area contributed by atoms with Crippen molar-refractivity contribution in [3.63, 3.8) is 0 Å². The summed E-state index contributed by atoms with van der Waals surface area (Å²) in [6.45, 7) is 0.547. The summed E-state index contributed by atoms with van der Waals surface area (Å²) < 4.78 is 9.97. The summed E-state index contributed by atoms with van der Waals surface area (Å²) in [4.78, 5) is 11.8. The first-order chi connectivity index (χ1) is 8.74. The van der Waals surface area contributed by atoms with Gasteiger partial charge in [0.25, 0.3) is 0 Å². The van der Waals surface area contributed by atoms with Gasteiger partial charge in [0.2, 0.25) is 0 Å². The monoisotopic (exact) mass is 249 g/mol. The van der Waals surface area contributed by atoms with Crippen LogP contribution in [0.3, 0.4) is 0 Å². The average Bonchev–Trinajstić information content (AvgIpc) is 3.20. The fourth-order valence-electron chi connectivity index (χ4n) is 1.93. The molecule has 0 saturated heterocycles. The second-order valence-electron chi connectivity index (χ2n) is 4.58. The molecule has 0 heterocycles. The number of benzene rings is 1. The Kier molecular flexibility index (Phi) is 4.33. The van der Waals surface area contributed by atoms with Crippen LogP contribution >= 0.6 is 0 Å². The number of nitrogens with one attached hydrogen (secondary N) is 1. The van der Waals surface area contributed by atoms with Gasteiger partial charge in [-0.25, -0.2) is 4.79 Å². The van der Waals surface area contributed by atoms with Crippen LogP contribution in [0, 0.1) is 0 Å². The molecule has 1 atom stereocenters. The summed E-state index contributed by atoms with van der Waals surface area (Å²) >= 11 is 0. The highest BCUT2D eigenvalue weighted by atomic mass is 16.5. The summed E-state index contributed by atoms with van der Waals surface area (Å²) in [6, 6.07) is 7.92. The van der Waals surface area contributed by atoms with Gasteiger partial charge >= 0.3 is 5.97 Å². The maximum absolute atomic E-state index is 11.8. The molecule has 1 aromatic carbocycles. The highest BCUT2D eigenvalue weighted by molar-refractivity contribution is 5.77. The molecule has 0 radical (unpaired) electrons. The van der Waals surface area contributed by atoms with Gasteiger partial charge in [0.05, 0.1) is 13.7 Å². The molecular weight excluding hydrogens is 230 g/mol. The van der Waals surface area contributed by atoms with Crippen LogP contribution in [0.15, 0.2) is 24.3 Å². The molecule has 1 aromatic rings. The quantitative estimate of drug-likeness (QED) is 0.781. The van der Waals surface area contributed by atoms with Crippen LogP contribution in [0.1, 0.15) is 30.0 Å². The fraction of sp³-hybridized carbons (Fsp3) is 0.500. The zero-order valence-electron chi connectivity index (χ0n) is 10.8. The predicted molar refractivity (Wildman–Crippen MR) is 68.1 cm³/mol. The third-order valence-electron chi connectivity index (χ3n) is 3.01. The second kappa shape index (κ2) is 5.98. The van der Waals surface area contributed by atoms with E-state index in [2.05, 4.69) is 5.32 Å². The van der Waals surface area contributed by atoms with Gasteiger partial charge in [-0.05, 0) is 24.0 Å². The van der Waals surface area contributed by atoms with Gasteiger partial charge in [0, 0.05) is 13.2 Å². The molecule has 2 rings (SSSR count). The lowest BCUT2D eigenvalue weighted by molar-refractivity contribution is -0.143. The van der Waals surface area contributed by atoms with Crippen molar-refractivity contribution in [2.24, 2.45) is 0 Å². The van der Waals surface area contributed by atoms with Crippen LogP contribution in [0.5, 0.6) is 0 Å². The molecule has 0 aliphatic heterocycles. The Morgan fingerprint density at radius 2 is 2.22 bits per heavy atom. The van der Waals surface area contributed by atoms with E-state index in [0.29, 0.717) is 12.6 Å². The Morgan fingerprint density at radius 1 is 1.44 bits per heavy atom. The van der Waals surface area contributed by atoms with Crippen molar-refractivity contribution in [1.82, 2.24) is 5.32 Å². The Morgan fingerprint density at radius 3 is 2.83 bits per heavy atom. The minimum atomic E-state index is -0.376. The number of rotatable bonds is 6. The van der Waals surface area contributed by atoms with Crippen LogP contribution in [0.25, 0.3) is 0 Å². The van der Waals surface area contributed by atoms with Crippen molar-refractivity contribution >= 4 is 5.97 Å². The topological polar surface area (TPSA) is 47.6 Å². The molecule has 1 N–H and O–H groups in total. The highest BCUT2D eigenvalue weighted by Gasteiger charge is 2.30. The van der Waals surface area contributed by atoms with E-state index in [1.165, 1.54) is 7.11 Å². The number of hydrogen-bond donors (Lipinski definition) is 1. The zero-order valence-corrected chi connectivity index (χ0v) is 10.8.